The monoisotopic (exact) mass is 563 g/mol. The molecule has 0 atom stereocenters. The van der Waals surface area contributed by atoms with Crippen LogP contribution in [0.25, 0.3) is 0 Å². The Morgan fingerprint density at radius 1 is 0.676 bits per heavy atom. The van der Waals surface area contributed by atoms with E-state index in [4.69, 9.17) is 0 Å². The van der Waals surface area contributed by atoms with Gasteiger partial charge in [0.1, 0.15) is 0 Å². The number of benzene rings is 3. The summed E-state index contributed by atoms with van der Waals surface area (Å²) in [6.07, 6.45) is 4.08. The fourth-order valence-corrected chi connectivity index (χ4v) is 7.62. The zero-order valence-corrected chi connectivity index (χ0v) is 23.1. The SMILES string of the molecule is CC.CC.CC.O=C1C2=C(I=CC=C2)C2(c3ccccc3Nc3ccccc32)c2ccccc21. The van der Waals surface area contributed by atoms with Crippen molar-refractivity contribution in [3.63, 3.8) is 0 Å². The van der Waals surface area contributed by atoms with E-state index in [0.29, 0.717) is 0 Å². The summed E-state index contributed by atoms with van der Waals surface area (Å²) >= 11 is -0.407. The highest BCUT2D eigenvalue weighted by molar-refractivity contribution is 14.2. The maximum atomic E-state index is 13.4. The normalized spacial score (nSPS) is 15.2. The van der Waals surface area contributed by atoms with Gasteiger partial charge in [-0.1, -0.05) is 129 Å². The number of ketones is 1. The Labute approximate surface area is 214 Å². The van der Waals surface area contributed by atoms with Crippen LogP contribution >= 0.6 is 20.7 Å². The number of nitrogens with one attached hydrogen (secondary N) is 1. The highest BCUT2D eigenvalue weighted by atomic mass is 127. The van der Waals surface area contributed by atoms with Crippen LogP contribution in [0, 0.1) is 0 Å². The highest BCUT2D eigenvalue weighted by Crippen LogP contribution is 2.60. The number of hydrogen-bond acceptors (Lipinski definition) is 2. The summed E-state index contributed by atoms with van der Waals surface area (Å²) in [6, 6.07) is 25.3. The predicted octanol–water partition coefficient (Wildman–Crippen LogP) is 8.95. The molecule has 3 aromatic carbocycles. The molecule has 2 aliphatic heterocycles. The quantitative estimate of drug-likeness (QED) is 0.277. The summed E-state index contributed by atoms with van der Waals surface area (Å²) in [5.41, 5.74) is 7.14. The molecule has 0 saturated heterocycles. The van der Waals surface area contributed by atoms with E-state index in [1.807, 2.05) is 59.8 Å². The zero-order chi connectivity index (χ0) is 24.7. The van der Waals surface area contributed by atoms with Crippen LogP contribution in [0.4, 0.5) is 11.4 Å². The van der Waals surface area contributed by atoms with Crippen molar-refractivity contribution in [2.45, 2.75) is 47.0 Å². The van der Waals surface area contributed by atoms with Gasteiger partial charge in [0.2, 0.25) is 0 Å². The molecule has 1 spiro atoms. The molecule has 0 unspecified atom stereocenters. The Hall–Kier alpha value is -2.79. The molecular weight excluding hydrogens is 529 g/mol. The Kier molecular flexibility index (Phi) is 8.78. The Morgan fingerprint density at radius 3 is 1.76 bits per heavy atom. The standard InChI is InChI=1S/C25H16INO.3C2H6/c28-23-16-8-1-2-10-18(16)25(24-17(23)9-7-15-26-24)19-11-3-5-13-21(19)27-22-14-6-4-12-20(22)25;3*1-2/h1-15,27H;3*1-2H3. The first-order valence-corrected chi connectivity index (χ1v) is 14.6. The van der Waals surface area contributed by atoms with Gasteiger partial charge in [-0.25, -0.2) is 0 Å². The van der Waals surface area contributed by atoms with Crippen LogP contribution < -0.4 is 5.32 Å². The molecule has 3 aliphatic rings. The fraction of sp³-hybridized carbons (Fsp3) is 0.226. The third kappa shape index (κ3) is 3.90. The molecule has 176 valence electrons. The molecule has 1 N–H and O–H groups in total. The van der Waals surface area contributed by atoms with E-state index >= 15 is 0 Å². The summed E-state index contributed by atoms with van der Waals surface area (Å²) in [7, 11) is 0. The van der Waals surface area contributed by atoms with E-state index in [1.165, 1.54) is 14.7 Å². The van der Waals surface area contributed by atoms with E-state index in [0.717, 1.165) is 28.1 Å². The van der Waals surface area contributed by atoms with Gasteiger partial charge in [0, 0.05) is 26.1 Å². The minimum absolute atomic E-state index is 0.161. The maximum absolute atomic E-state index is 13.4. The minimum atomic E-state index is -0.410. The molecule has 0 fully saturated rings. The number of carbonyl (C=O) groups is 1. The molecule has 34 heavy (non-hydrogen) atoms. The van der Waals surface area contributed by atoms with Crippen LogP contribution in [0.5, 0.6) is 0 Å². The van der Waals surface area contributed by atoms with Crippen molar-refractivity contribution in [3.8, 4) is 0 Å². The number of hydrogen-bond donors (Lipinski definition) is 1. The van der Waals surface area contributed by atoms with Crippen molar-refractivity contribution < 1.29 is 4.79 Å². The van der Waals surface area contributed by atoms with Crippen LogP contribution in [0.15, 0.2) is 94.1 Å². The topological polar surface area (TPSA) is 29.1 Å². The van der Waals surface area contributed by atoms with Crippen molar-refractivity contribution in [3.05, 3.63) is 116 Å². The number of carbonyl (C=O) groups excluding carboxylic acids is 1. The number of anilines is 2. The fourth-order valence-electron chi connectivity index (χ4n) is 4.75. The third-order valence-electron chi connectivity index (χ3n) is 5.83. The number of allylic oxidation sites excluding steroid dienone is 4. The second kappa shape index (κ2) is 11.6. The van der Waals surface area contributed by atoms with Crippen molar-refractivity contribution in [1.82, 2.24) is 0 Å². The molecule has 2 nitrogen and oxygen atoms in total. The van der Waals surface area contributed by atoms with Crippen LogP contribution in [-0.4, -0.2) is 9.79 Å². The van der Waals surface area contributed by atoms with Gasteiger partial charge in [-0.05, 0) is 38.9 Å². The van der Waals surface area contributed by atoms with Gasteiger partial charge < -0.3 is 5.32 Å². The van der Waals surface area contributed by atoms with Gasteiger partial charge in [-0.2, -0.15) is 0 Å². The number of fused-ring (bicyclic) bond motifs is 7. The van der Waals surface area contributed by atoms with E-state index < -0.39 is 26.1 Å². The van der Waals surface area contributed by atoms with Crippen molar-refractivity contribution in [2.24, 2.45) is 0 Å². The Bertz CT molecular complexity index is 1220. The largest absolute Gasteiger partial charge is 0.355 e. The molecule has 1 aliphatic carbocycles. The second-order valence-corrected chi connectivity index (χ2v) is 9.58. The lowest BCUT2D eigenvalue weighted by Gasteiger charge is -2.46. The maximum Gasteiger partial charge on any atom is 0.194 e. The zero-order valence-electron chi connectivity index (χ0n) is 20.9. The van der Waals surface area contributed by atoms with Gasteiger partial charge in [0.15, 0.2) is 5.78 Å². The number of para-hydroxylation sites is 2. The van der Waals surface area contributed by atoms with Gasteiger partial charge in [-0.15, -0.1) is 0 Å². The lowest BCUT2D eigenvalue weighted by atomic mass is 9.62. The average molecular weight is 564 g/mol. The van der Waals surface area contributed by atoms with Crippen LogP contribution in [0.2, 0.25) is 0 Å². The smallest absolute Gasteiger partial charge is 0.194 e. The van der Waals surface area contributed by atoms with Gasteiger partial charge in [0.25, 0.3) is 0 Å². The number of rotatable bonds is 0. The van der Waals surface area contributed by atoms with Crippen LogP contribution in [0.3, 0.4) is 0 Å². The molecule has 2 heterocycles. The summed E-state index contributed by atoms with van der Waals surface area (Å²) in [4.78, 5) is 13.4. The first-order valence-electron chi connectivity index (χ1n) is 12.3. The Balaban J connectivity index is 0.000000503. The second-order valence-electron chi connectivity index (χ2n) is 7.16. The molecule has 0 radical (unpaired) electrons. The molecule has 6 rings (SSSR count). The summed E-state index contributed by atoms with van der Waals surface area (Å²) in [6.45, 7) is 12.0. The minimum Gasteiger partial charge on any atom is -0.355 e. The van der Waals surface area contributed by atoms with Crippen molar-refractivity contribution in [2.75, 3.05) is 5.32 Å². The first-order chi connectivity index (χ1) is 16.8. The van der Waals surface area contributed by atoms with Crippen LogP contribution in [0.1, 0.15) is 68.6 Å². The van der Waals surface area contributed by atoms with Crippen molar-refractivity contribution >= 4 is 41.9 Å². The first kappa shape index (κ1) is 25.8. The molecule has 3 heteroatoms. The summed E-state index contributed by atoms with van der Waals surface area (Å²) < 4.78 is 3.56. The molecule has 3 aromatic rings. The van der Waals surface area contributed by atoms with Crippen LogP contribution in [-0.2, 0) is 5.41 Å². The molecular formula is C31H34INO. The molecule has 0 amide bonds. The summed E-state index contributed by atoms with van der Waals surface area (Å²) in [5.74, 6) is 0.161. The number of Topliss-reactive ketones (excluding diaryl/α,β-unsaturated/α-hetero) is 1. The molecule has 0 bridgehead atoms. The van der Waals surface area contributed by atoms with Gasteiger partial charge in [-0.3, -0.25) is 4.79 Å². The van der Waals surface area contributed by atoms with E-state index in [-0.39, 0.29) is 5.78 Å². The molecule has 0 saturated carbocycles. The van der Waals surface area contributed by atoms with Crippen molar-refractivity contribution in [1.29, 1.82) is 0 Å². The third-order valence-corrected chi connectivity index (χ3v) is 8.61. The van der Waals surface area contributed by atoms with Gasteiger partial charge in [0.05, 0.1) is 5.41 Å². The Morgan fingerprint density at radius 2 is 1.18 bits per heavy atom. The van der Waals surface area contributed by atoms with E-state index in [1.54, 1.807) is 0 Å². The highest BCUT2D eigenvalue weighted by Gasteiger charge is 2.50. The van der Waals surface area contributed by atoms with E-state index in [9.17, 15) is 4.79 Å². The predicted molar refractivity (Wildman–Crippen MR) is 157 cm³/mol. The van der Waals surface area contributed by atoms with Gasteiger partial charge >= 0.3 is 0 Å². The number of halogens is 1. The lowest BCUT2D eigenvalue weighted by Crippen LogP contribution is -2.40. The van der Waals surface area contributed by atoms with E-state index in [2.05, 4.69) is 76.1 Å². The molecule has 0 aromatic heterocycles. The summed E-state index contributed by atoms with van der Waals surface area (Å²) in [5, 5.41) is 3.63. The average Bonchev–Trinajstić information content (AvgIpc) is 2.94. The lowest BCUT2D eigenvalue weighted by molar-refractivity contribution is 0.103.